The first-order chi connectivity index (χ1) is 13.5. The fourth-order valence-corrected chi connectivity index (χ4v) is 3.43. The zero-order valence-electron chi connectivity index (χ0n) is 16.4. The minimum atomic E-state index is -0.693. The van der Waals surface area contributed by atoms with Gasteiger partial charge in [-0.25, -0.2) is 4.79 Å². The summed E-state index contributed by atoms with van der Waals surface area (Å²) in [7, 11) is 1.51. The molecule has 0 aliphatic rings. The lowest BCUT2D eigenvalue weighted by atomic mass is 10.2. The Hall–Kier alpha value is -2.52. The zero-order chi connectivity index (χ0) is 20.7. The van der Waals surface area contributed by atoms with E-state index < -0.39 is 11.2 Å². The normalized spacial score (nSPS) is 10.8. The first-order valence-corrected chi connectivity index (χ1v) is 10.2. The molecule has 28 heavy (non-hydrogen) atoms. The molecule has 2 rings (SSSR count). The van der Waals surface area contributed by atoms with E-state index in [1.54, 1.807) is 12.1 Å². The number of aromatic nitrogens is 2. The van der Waals surface area contributed by atoms with E-state index in [0.717, 1.165) is 17.7 Å². The number of unbranched alkanes of at least 4 members (excludes halogenated alkanes) is 1. The molecule has 8 nitrogen and oxygen atoms in total. The van der Waals surface area contributed by atoms with Crippen molar-refractivity contribution in [3.05, 3.63) is 50.7 Å². The van der Waals surface area contributed by atoms with Crippen molar-refractivity contribution in [1.29, 1.82) is 0 Å². The van der Waals surface area contributed by atoms with Gasteiger partial charge in [-0.2, -0.15) is 0 Å². The summed E-state index contributed by atoms with van der Waals surface area (Å²) in [6.45, 7) is 2.68. The van der Waals surface area contributed by atoms with E-state index in [-0.39, 0.29) is 30.6 Å². The smallest absolute Gasteiger partial charge is 0.330 e. The van der Waals surface area contributed by atoms with Crippen molar-refractivity contribution in [2.24, 2.45) is 0 Å². The molecule has 152 valence electrons. The molecule has 1 heterocycles. The van der Waals surface area contributed by atoms with Crippen LogP contribution < -0.4 is 21.9 Å². The standard InChI is InChI=1S/C19H26N4O4S/c1-4-5-10-23-16(20)15(17(24)21-19(23)26)22(11-12-27-2)18(25)13-8-6-7-9-14(13)28-3/h6-9H,4-5,10-12,20H2,1-3H3,(H,21,24,26). The van der Waals surface area contributed by atoms with Crippen LogP contribution in [0.1, 0.15) is 30.1 Å². The lowest BCUT2D eigenvalue weighted by Gasteiger charge is -2.25. The van der Waals surface area contributed by atoms with Gasteiger partial charge < -0.3 is 10.5 Å². The molecule has 9 heteroatoms. The Kier molecular flexibility index (Phi) is 7.89. The van der Waals surface area contributed by atoms with Crippen LogP contribution in [0.4, 0.5) is 11.5 Å². The van der Waals surface area contributed by atoms with Gasteiger partial charge in [-0.3, -0.25) is 24.0 Å². The summed E-state index contributed by atoms with van der Waals surface area (Å²) >= 11 is 1.43. The van der Waals surface area contributed by atoms with Crippen LogP contribution in [0.2, 0.25) is 0 Å². The molecule has 0 unspecified atom stereocenters. The summed E-state index contributed by atoms with van der Waals surface area (Å²) in [4.78, 5) is 42.4. The fraction of sp³-hybridized carbons (Fsp3) is 0.421. The van der Waals surface area contributed by atoms with Gasteiger partial charge in [-0.1, -0.05) is 25.5 Å². The predicted molar refractivity (Wildman–Crippen MR) is 112 cm³/mol. The van der Waals surface area contributed by atoms with E-state index in [9.17, 15) is 14.4 Å². The van der Waals surface area contributed by atoms with Crippen molar-refractivity contribution >= 4 is 29.2 Å². The van der Waals surface area contributed by atoms with Crippen LogP contribution in [-0.4, -0.2) is 42.0 Å². The van der Waals surface area contributed by atoms with Crippen LogP contribution in [0.3, 0.4) is 0 Å². The van der Waals surface area contributed by atoms with Gasteiger partial charge in [0.15, 0.2) is 5.69 Å². The van der Waals surface area contributed by atoms with Gasteiger partial charge in [0.1, 0.15) is 5.82 Å². The Balaban J connectivity index is 2.61. The third-order valence-corrected chi connectivity index (χ3v) is 5.12. The van der Waals surface area contributed by atoms with Gasteiger partial charge in [0.2, 0.25) is 0 Å². The highest BCUT2D eigenvalue weighted by atomic mass is 32.2. The lowest BCUT2D eigenvalue weighted by molar-refractivity contribution is 0.0972. The molecule has 0 saturated heterocycles. The monoisotopic (exact) mass is 406 g/mol. The van der Waals surface area contributed by atoms with Gasteiger partial charge in [0.05, 0.1) is 12.2 Å². The molecule has 0 radical (unpaired) electrons. The number of hydrogen-bond acceptors (Lipinski definition) is 6. The highest BCUT2D eigenvalue weighted by Crippen LogP contribution is 2.25. The van der Waals surface area contributed by atoms with Crippen molar-refractivity contribution in [2.75, 3.05) is 37.2 Å². The maximum Gasteiger partial charge on any atom is 0.330 e. The van der Waals surface area contributed by atoms with Crippen LogP contribution in [0, 0.1) is 0 Å². The van der Waals surface area contributed by atoms with Crippen molar-refractivity contribution in [3.8, 4) is 0 Å². The van der Waals surface area contributed by atoms with Gasteiger partial charge in [-0.15, -0.1) is 11.8 Å². The number of carbonyl (C=O) groups is 1. The Labute approximate surface area is 167 Å². The van der Waals surface area contributed by atoms with Crippen LogP contribution in [-0.2, 0) is 11.3 Å². The van der Waals surface area contributed by atoms with Gasteiger partial charge in [-0.05, 0) is 24.8 Å². The molecule has 0 bridgehead atoms. The molecule has 3 N–H and O–H groups in total. The summed E-state index contributed by atoms with van der Waals surface area (Å²) in [5.74, 6) is -0.395. The summed E-state index contributed by atoms with van der Waals surface area (Å²) in [6, 6.07) is 7.14. The molecule has 1 aromatic heterocycles. The van der Waals surface area contributed by atoms with E-state index in [0.29, 0.717) is 12.1 Å². The summed E-state index contributed by atoms with van der Waals surface area (Å²) in [5.41, 5.74) is 5.34. The molecule has 0 fully saturated rings. The molecule has 0 spiro atoms. The minimum Gasteiger partial charge on any atom is -0.383 e. The van der Waals surface area contributed by atoms with Crippen molar-refractivity contribution < 1.29 is 9.53 Å². The third kappa shape index (κ3) is 4.66. The predicted octanol–water partition coefficient (Wildman–Crippen LogP) is 1.93. The van der Waals surface area contributed by atoms with Gasteiger partial charge in [0.25, 0.3) is 11.5 Å². The average Bonchev–Trinajstić information content (AvgIpc) is 2.69. The van der Waals surface area contributed by atoms with E-state index in [1.807, 2.05) is 25.3 Å². The fourth-order valence-electron chi connectivity index (χ4n) is 2.84. The van der Waals surface area contributed by atoms with Crippen molar-refractivity contribution in [3.63, 3.8) is 0 Å². The molecule has 0 atom stereocenters. The number of H-pyrrole nitrogens is 1. The van der Waals surface area contributed by atoms with Gasteiger partial charge >= 0.3 is 5.69 Å². The number of aromatic amines is 1. The summed E-state index contributed by atoms with van der Waals surface area (Å²) in [6.07, 6.45) is 3.45. The first kappa shape index (κ1) is 21.8. The molecule has 0 aliphatic heterocycles. The van der Waals surface area contributed by atoms with Crippen LogP contribution >= 0.6 is 11.8 Å². The second kappa shape index (κ2) is 10.1. The zero-order valence-corrected chi connectivity index (χ0v) is 17.2. The van der Waals surface area contributed by atoms with Crippen molar-refractivity contribution in [2.45, 2.75) is 31.2 Å². The van der Waals surface area contributed by atoms with Crippen molar-refractivity contribution in [1.82, 2.24) is 9.55 Å². The molecular weight excluding hydrogens is 380 g/mol. The second-order valence-electron chi connectivity index (χ2n) is 6.15. The quantitative estimate of drug-likeness (QED) is 0.616. The number of thioether (sulfide) groups is 1. The van der Waals surface area contributed by atoms with Crippen LogP contribution in [0.25, 0.3) is 0 Å². The number of rotatable bonds is 9. The van der Waals surface area contributed by atoms with Gasteiger partial charge in [0, 0.05) is 25.1 Å². The Morgan fingerprint density at radius 2 is 2.04 bits per heavy atom. The third-order valence-electron chi connectivity index (χ3n) is 4.32. The number of anilines is 2. The van der Waals surface area contributed by atoms with E-state index in [4.69, 9.17) is 10.5 Å². The number of benzene rings is 1. The molecule has 1 aromatic carbocycles. The molecule has 0 aliphatic carbocycles. The summed E-state index contributed by atoms with van der Waals surface area (Å²) < 4.78 is 6.41. The van der Waals surface area contributed by atoms with E-state index >= 15 is 0 Å². The molecule has 1 amide bonds. The Morgan fingerprint density at radius 1 is 1.32 bits per heavy atom. The Bertz CT molecular complexity index is 938. The second-order valence-corrected chi connectivity index (χ2v) is 7.00. The Morgan fingerprint density at radius 3 is 2.68 bits per heavy atom. The maximum absolute atomic E-state index is 13.3. The highest BCUT2D eigenvalue weighted by molar-refractivity contribution is 7.98. The number of nitrogens with one attached hydrogen (secondary N) is 1. The van der Waals surface area contributed by atoms with E-state index in [1.165, 1.54) is 28.3 Å². The number of nitrogens with two attached hydrogens (primary N) is 1. The number of carbonyl (C=O) groups excluding carboxylic acids is 1. The summed E-state index contributed by atoms with van der Waals surface area (Å²) in [5, 5.41) is 0. The number of hydrogen-bond donors (Lipinski definition) is 2. The van der Waals surface area contributed by atoms with Crippen LogP contribution in [0.5, 0.6) is 0 Å². The molecule has 0 saturated carbocycles. The largest absolute Gasteiger partial charge is 0.383 e. The number of nitrogens with zero attached hydrogens (tertiary/aromatic N) is 2. The number of nitrogen functional groups attached to an aromatic ring is 1. The molecular formula is C19H26N4O4S. The molecule has 2 aromatic rings. The number of ether oxygens (including phenoxy) is 1. The topological polar surface area (TPSA) is 110 Å². The maximum atomic E-state index is 13.3. The van der Waals surface area contributed by atoms with E-state index in [2.05, 4.69) is 4.98 Å². The lowest BCUT2D eigenvalue weighted by Crippen LogP contribution is -2.42. The highest BCUT2D eigenvalue weighted by Gasteiger charge is 2.26. The number of methoxy groups -OCH3 is 1. The SMILES string of the molecule is CCCCn1c(N)c(N(CCOC)C(=O)c2ccccc2SC)c(=O)[nH]c1=O. The number of amides is 1. The van der Waals surface area contributed by atoms with Crippen LogP contribution in [0.15, 0.2) is 38.8 Å². The minimum absolute atomic E-state index is 0.0201. The average molecular weight is 407 g/mol. The first-order valence-electron chi connectivity index (χ1n) is 9.02.